The molecule has 2 saturated heterocycles. The van der Waals surface area contributed by atoms with Gasteiger partial charge in [-0.25, -0.2) is 0 Å². The zero-order valence-electron chi connectivity index (χ0n) is 27.3. The SMILES string of the molecule is CN1C(C)(C)CC(OC(=O)CCCCCCCCCCCC(=O)OC2CC(C)(C)N(C)C(C)(C)C2)CC1(C)C. The summed E-state index contributed by atoms with van der Waals surface area (Å²) in [6.07, 6.45) is 14.8. The van der Waals surface area contributed by atoms with Gasteiger partial charge in [0.05, 0.1) is 0 Å². The van der Waals surface area contributed by atoms with Gasteiger partial charge < -0.3 is 9.47 Å². The second kappa shape index (κ2) is 14.2. The largest absolute Gasteiger partial charge is 0.462 e. The predicted octanol–water partition coefficient (Wildman–Crippen LogP) is 7.67. The lowest BCUT2D eigenvalue weighted by atomic mass is 9.78. The molecule has 39 heavy (non-hydrogen) atoms. The molecule has 0 aromatic heterocycles. The molecule has 0 unspecified atom stereocenters. The summed E-state index contributed by atoms with van der Waals surface area (Å²) >= 11 is 0. The summed E-state index contributed by atoms with van der Waals surface area (Å²) in [5.74, 6) is -0.0594. The van der Waals surface area contributed by atoms with E-state index in [1.807, 2.05) is 0 Å². The van der Waals surface area contributed by atoms with Crippen molar-refractivity contribution < 1.29 is 19.1 Å². The summed E-state index contributed by atoms with van der Waals surface area (Å²) in [6.45, 7) is 17.9. The quantitative estimate of drug-likeness (QED) is 0.163. The molecule has 0 aromatic rings. The van der Waals surface area contributed by atoms with Gasteiger partial charge >= 0.3 is 11.9 Å². The zero-order valence-corrected chi connectivity index (χ0v) is 27.3. The number of hydrogen-bond acceptors (Lipinski definition) is 6. The van der Waals surface area contributed by atoms with Crippen LogP contribution in [0.2, 0.25) is 0 Å². The van der Waals surface area contributed by atoms with Crippen molar-refractivity contribution in [3.63, 3.8) is 0 Å². The number of carbonyl (C=O) groups excluding carboxylic acids is 2. The number of unbranched alkanes of at least 4 members (excludes halogenated alkanes) is 8. The van der Waals surface area contributed by atoms with Gasteiger partial charge in [-0.3, -0.25) is 19.4 Å². The minimum absolute atomic E-state index is 0.0223. The van der Waals surface area contributed by atoms with E-state index in [-0.39, 0.29) is 46.3 Å². The number of piperidine rings is 2. The fraction of sp³-hybridized carbons (Fsp3) is 0.939. The van der Waals surface area contributed by atoms with E-state index in [4.69, 9.17) is 9.47 Å². The molecule has 0 spiro atoms. The molecule has 0 atom stereocenters. The highest BCUT2D eigenvalue weighted by Gasteiger charge is 2.45. The van der Waals surface area contributed by atoms with Crippen LogP contribution in [0.3, 0.4) is 0 Å². The Kier molecular flexibility index (Phi) is 12.4. The van der Waals surface area contributed by atoms with Crippen LogP contribution in [-0.2, 0) is 19.1 Å². The van der Waals surface area contributed by atoms with Crippen LogP contribution < -0.4 is 0 Å². The smallest absolute Gasteiger partial charge is 0.306 e. The first-order chi connectivity index (χ1) is 18.0. The average Bonchev–Trinajstić information content (AvgIpc) is 2.78. The van der Waals surface area contributed by atoms with E-state index in [2.05, 4.69) is 79.3 Å². The van der Waals surface area contributed by atoms with Crippen LogP contribution in [0.5, 0.6) is 0 Å². The topological polar surface area (TPSA) is 59.1 Å². The van der Waals surface area contributed by atoms with Gasteiger partial charge in [0, 0.05) is 60.7 Å². The summed E-state index contributed by atoms with van der Waals surface area (Å²) in [4.78, 5) is 29.6. The molecule has 2 aliphatic heterocycles. The third kappa shape index (κ3) is 10.6. The first-order valence-corrected chi connectivity index (χ1v) is 15.8. The van der Waals surface area contributed by atoms with E-state index in [1.54, 1.807) is 0 Å². The fourth-order valence-electron chi connectivity index (χ4n) is 6.99. The minimum atomic E-state index is -0.0297. The van der Waals surface area contributed by atoms with Crippen molar-refractivity contribution in [2.24, 2.45) is 0 Å². The first-order valence-electron chi connectivity index (χ1n) is 15.8. The van der Waals surface area contributed by atoms with E-state index in [0.717, 1.165) is 51.4 Å². The highest BCUT2D eigenvalue weighted by molar-refractivity contribution is 5.69. The molecule has 0 aromatic carbocycles. The number of rotatable bonds is 14. The Balaban J connectivity index is 1.46. The zero-order chi connectivity index (χ0) is 29.5. The summed E-state index contributed by atoms with van der Waals surface area (Å²) < 4.78 is 11.7. The highest BCUT2D eigenvalue weighted by Crippen LogP contribution is 2.39. The van der Waals surface area contributed by atoms with E-state index in [0.29, 0.717) is 12.8 Å². The van der Waals surface area contributed by atoms with Crippen molar-refractivity contribution in [3.05, 3.63) is 0 Å². The van der Waals surface area contributed by atoms with Crippen molar-refractivity contribution >= 4 is 11.9 Å². The van der Waals surface area contributed by atoms with E-state index in [1.165, 1.54) is 32.1 Å². The number of hydrogen-bond donors (Lipinski definition) is 0. The number of ether oxygens (including phenoxy) is 2. The monoisotopic (exact) mass is 550 g/mol. The van der Waals surface area contributed by atoms with Gasteiger partial charge in [-0.2, -0.15) is 0 Å². The van der Waals surface area contributed by atoms with Crippen LogP contribution >= 0.6 is 0 Å². The molecule has 0 bridgehead atoms. The Morgan fingerprint density at radius 3 is 1.00 bits per heavy atom. The Morgan fingerprint density at radius 2 is 0.744 bits per heavy atom. The Bertz CT molecular complexity index is 689. The molecule has 0 N–H and O–H groups in total. The number of esters is 2. The van der Waals surface area contributed by atoms with Gasteiger partial charge in [-0.05, 0) is 82.3 Å². The van der Waals surface area contributed by atoms with Crippen molar-refractivity contribution in [2.45, 2.75) is 186 Å². The maximum absolute atomic E-state index is 12.4. The fourth-order valence-corrected chi connectivity index (χ4v) is 6.99. The first kappa shape index (κ1) is 34.1. The van der Waals surface area contributed by atoms with Gasteiger partial charge in [0.2, 0.25) is 0 Å². The number of nitrogens with zero attached hydrogens (tertiary/aromatic N) is 2. The van der Waals surface area contributed by atoms with E-state index < -0.39 is 0 Å². The standard InChI is InChI=1S/C33H62N2O4/c1-30(2)22-26(23-31(3,4)34(30)9)38-28(36)20-18-16-14-12-11-13-15-17-19-21-29(37)39-27-24-32(5,6)35(10)33(7,8)25-27/h26-27H,11-25H2,1-10H3. The molecular weight excluding hydrogens is 488 g/mol. The molecule has 2 heterocycles. The van der Waals surface area contributed by atoms with Crippen LogP contribution in [0.15, 0.2) is 0 Å². The van der Waals surface area contributed by atoms with Gasteiger partial charge in [0.1, 0.15) is 12.2 Å². The summed E-state index contributed by atoms with van der Waals surface area (Å²) in [5, 5.41) is 0. The van der Waals surface area contributed by atoms with Crippen molar-refractivity contribution in [3.8, 4) is 0 Å². The van der Waals surface area contributed by atoms with Gasteiger partial charge in [-0.1, -0.05) is 44.9 Å². The molecule has 6 heteroatoms. The van der Waals surface area contributed by atoms with Gasteiger partial charge in [-0.15, -0.1) is 0 Å². The summed E-state index contributed by atoms with van der Waals surface area (Å²) in [6, 6.07) is 0. The van der Waals surface area contributed by atoms with Crippen molar-refractivity contribution in [1.29, 1.82) is 0 Å². The maximum atomic E-state index is 12.4. The normalized spacial score (nSPS) is 23.4. The van der Waals surface area contributed by atoms with Crippen LogP contribution in [-0.4, -0.2) is 70.2 Å². The molecule has 0 saturated carbocycles. The lowest BCUT2D eigenvalue weighted by molar-refractivity contribution is -0.160. The van der Waals surface area contributed by atoms with Crippen molar-refractivity contribution in [1.82, 2.24) is 9.80 Å². The Morgan fingerprint density at radius 1 is 0.513 bits per heavy atom. The van der Waals surface area contributed by atoms with Crippen molar-refractivity contribution in [2.75, 3.05) is 14.1 Å². The molecule has 0 amide bonds. The number of likely N-dealkylation sites (tertiary alicyclic amines) is 2. The van der Waals surface area contributed by atoms with E-state index >= 15 is 0 Å². The second-order valence-corrected chi connectivity index (χ2v) is 15.1. The molecule has 0 radical (unpaired) electrons. The van der Waals surface area contributed by atoms with Crippen LogP contribution in [0, 0.1) is 0 Å². The molecule has 2 aliphatic rings. The molecule has 228 valence electrons. The second-order valence-electron chi connectivity index (χ2n) is 15.1. The molecule has 2 fully saturated rings. The third-order valence-corrected chi connectivity index (χ3v) is 9.90. The number of carbonyl (C=O) groups is 2. The van der Waals surface area contributed by atoms with E-state index in [9.17, 15) is 9.59 Å². The third-order valence-electron chi connectivity index (χ3n) is 9.90. The molecular formula is C33H62N2O4. The molecule has 6 nitrogen and oxygen atoms in total. The van der Waals surface area contributed by atoms with Crippen LogP contribution in [0.4, 0.5) is 0 Å². The highest BCUT2D eigenvalue weighted by atomic mass is 16.5. The summed E-state index contributed by atoms with van der Waals surface area (Å²) in [7, 11) is 4.35. The summed E-state index contributed by atoms with van der Waals surface area (Å²) in [5.41, 5.74) is 0.156. The average molecular weight is 551 g/mol. The van der Waals surface area contributed by atoms with Crippen LogP contribution in [0.1, 0.15) is 152 Å². The van der Waals surface area contributed by atoms with Crippen LogP contribution in [0.25, 0.3) is 0 Å². The molecule has 2 rings (SSSR count). The molecule has 0 aliphatic carbocycles. The predicted molar refractivity (Wildman–Crippen MR) is 161 cm³/mol. The minimum Gasteiger partial charge on any atom is -0.462 e. The Hall–Kier alpha value is -1.14. The lowest BCUT2D eigenvalue weighted by Crippen LogP contribution is -2.60. The van der Waals surface area contributed by atoms with Gasteiger partial charge in [0.25, 0.3) is 0 Å². The van der Waals surface area contributed by atoms with Gasteiger partial charge in [0.15, 0.2) is 0 Å². The Labute approximate surface area is 240 Å². The maximum Gasteiger partial charge on any atom is 0.306 e. The lowest BCUT2D eigenvalue weighted by Gasteiger charge is -2.53.